The van der Waals surface area contributed by atoms with Gasteiger partial charge >= 0.3 is 0 Å². The SMILES string of the molecule is COc1cccc(C[NH+]2CC[NH+](Cc3ccc(F)cc3)CC2)c1OC. The first-order valence-corrected chi connectivity index (χ1v) is 8.81. The Bertz CT molecular complexity index is 683. The van der Waals surface area contributed by atoms with Crippen LogP contribution in [0.2, 0.25) is 0 Å². The molecule has 25 heavy (non-hydrogen) atoms. The Kier molecular flexibility index (Phi) is 5.89. The number of ether oxygens (including phenoxy) is 2. The molecule has 4 nitrogen and oxygen atoms in total. The van der Waals surface area contributed by atoms with E-state index in [1.165, 1.54) is 11.1 Å². The molecule has 0 unspecified atom stereocenters. The molecule has 0 radical (unpaired) electrons. The van der Waals surface area contributed by atoms with Gasteiger partial charge in [-0.2, -0.15) is 0 Å². The summed E-state index contributed by atoms with van der Waals surface area (Å²) < 4.78 is 23.9. The quantitative estimate of drug-likeness (QED) is 0.789. The summed E-state index contributed by atoms with van der Waals surface area (Å²) in [4.78, 5) is 3.13. The third-order valence-electron chi connectivity index (χ3n) is 4.96. The first kappa shape index (κ1) is 17.7. The van der Waals surface area contributed by atoms with E-state index in [1.54, 1.807) is 36.2 Å². The van der Waals surface area contributed by atoms with Gasteiger partial charge in [0.1, 0.15) is 45.1 Å². The van der Waals surface area contributed by atoms with Gasteiger partial charge in [0, 0.05) is 5.56 Å². The van der Waals surface area contributed by atoms with E-state index in [-0.39, 0.29) is 5.82 Å². The second kappa shape index (κ2) is 8.32. The average molecular weight is 346 g/mol. The maximum atomic E-state index is 13.0. The highest BCUT2D eigenvalue weighted by Gasteiger charge is 2.24. The van der Waals surface area contributed by atoms with Gasteiger partial charge < -0.3 is 19.3 Å². The van der Waals surface area contributed by atoms with Crippen LogP contribution in [0.3, 0.4) is 0 Å². The number of hydrogen-bond donors (Lipinski definition) is 2. The van der Waals surface area contributed by atoms with E-state index in [1.807, 2.05) is 24.3 Å². The van der Waals surface area contributed by atoms with E-state index >= 15 is 0 Å². The van der Waals surface area contributed by atoms with Gasteiger partial charge in [-0.15, -0.1) is 0 Å². The van der Waals surface area contributed by atoms with Crippen LogP contribution in [-0.2, 0) is 13.1 Å². The van der Waals surface area contributed by atoms with E-state index in [0.29, 0.717) is 0 Å². The van der Waals surface area contributed by atoms with Crippen LogP contribution < -0.4 is 19.3 Å². The number of rotatable bonds is 6. The van der Waals surface area contributed by atoms with E-state index in [0.717, 1.165) is 50.8 Å². The number of benzene rings is 2. The minimum absolute atomic E-state index is 0.166. The summed E-state index contributed by atoms with van der Waals surface area (Å²) in [6.07, 6.45) is 0. The third-order valence-corrected chi connectivity index (χ3v) is 4.96. The molecule has 2 aromatic rings. The Balaban J connectivity index is 1.55. The maximum absolute atomic E-state index is 13.0. The molecule has 0 amide bonds. The number of para-hydroxylation sites is 1. The van der Waals surface area contributed by atoms with Gasteiger partial charge in [0.2, 0.25) is 0 Å². The van der Waals surface area contributed by atoms with Crippen LogP contribution in [0.4, 0.5) is 4.39 Å². The van der Waals surface area contributed by atoms with E-state index < -0.39 is 0 Å². The summed E-state index contributed by atoms with van der Waals surface area (Å²) in [6, 6.07) is 12.9. The summed E-state index contributed by atoms with van der Waals surface area (Å²) in [5, 5.41) is 0. The molecule has 0 aliphatic carbocycles. The first-order valence-electron chi connectivity index (χ1n) is 8.81. The van der Waals surface area contributed by atoms with Crippen LogP contribution in [0, 0.1) is 5.82 Å². The Labute approximate surface area is 148 Å². The highest BCUT2D eigenvalue weighted by Crippen LogP contribution is 2.30. The lowest BCUT2D eigenvalue weighted by atomic mass is 10.1. The summed E-state index contributed by atoms with van der Waals surface area (Å²) in [6.45, 7) is 6.41. The molecule has 1 heterocycles. The van der Waals surface area contributed by atoms with Gasteiger partial charge in [0.25, 0.3) is 0 Å². The Morgan fingerprint density at radius 3 is 2.08 bits per heavy atom. The smallest absolute Gasteiger partial charge is 0.169 e. The molecule has 2 N–H and O–H groups in total. The minimum atomic E-state index is -0.166. The molecule has 0 aromatic heterocycles. The Morgan fingerprint density at radius 2 is 1.48 bits per heavy atom. The maximum Gasteiger partial charge on any atom is 0.169 e. The molecule has 0 atom stereocenters. The number of methoxy groups -OCH3 is 2. The Hall–Kier alpha value is -2.11. The van der Waals surface area contributed by atoms with Crippen molar-refractivity contribution in [1.29, 1.82) is 0 Å². The predicted octanol–water partition coefficient (Wildman–Crippen LogP) is 0.327. The second-order valence-electron chi connectivity index (χ2n) is 6.63. The van der Waals surface area contributed by atoms with E-state index in [2.05, 4.69) is 6.07 Å². The molecule has 1 aliphatic heterocycles. The predicted molar refractivity (Wildman–Crippen MR) is 94.7 cm³/mol. The molecule has 5 heteroatoms. The van der Waals surface area contributed by atoms with Crippen LogP contribution >= 0.6 is 0 Å². The van der Waals surface area contributed by atoms with Gasteiger partial charge in [-0.1, -0.05) is 18.2 Å². The van der Waals surface area contributed by atoms with Crippen molar-refractivity contribution in [1.82, 2.24) is 0 Å². The second-order valence-corrected chi connectivity index (χ2v) is 6.63. The Morgan fingerprint density at radius 1 is 0.840 bits per heavy atom. The largest absolute Gasteiger partial charge is 0.493 e. The molecule has 3 rings (SSSR count). The fourth-order valence-electron chi connectivity index (χ4n) is 3.56. The van der Waals surface area contributed by atoms with Crippen LogP contribution in [-0.4, -0.2) is 40.4 Å². The van der Waals surface area contributed by atoms with Crippen LogP contribution in [0.5, 0.6) is 11.5 Å². The molecule has 1 aliphatic rings. The normalized spacial score (nSPS) is 20.3. The minimum Gasteiger partial charge on any atom is -0.493 e. The highest BCUT2D eigenvalue weighted by atomic mass is 19.1. The van der Waals surface area contributed by atoms with Crippen molar-refractivity contribution in [3.8, 4) is 11.5 Å². The lowest BCUT2D eigenvalue weighted by molar-refractivity contribution is -1.02. The van der Waals surface area contributed by atoms with Crippen molar-refractivity contribution in [3.63, 3.8) is 0 Å². The van der Waals surface area contributed by atoms with Crippen molar-refractivity contribution in [2.45, 2.75) is 13.1 Å². The highest BCUT2D eigenvalue weighted by molar-refractivity contribution is 5.46. The molecule has 1 saturated heterocycles. The van der Waals surface area contributed by atoms with Crippen molar-refractivity contribution in [3.05, 3.63) is 59.4 Å². The number of piperazine rings is 1. The fraction of sp³-hybridized carbons (Fsp3) is 0.400. The standard InChI is InChI=1S/C20H25FN2O2/c1-24-19-5-3-4-17(20(19)25-2)15-23-12-10-22(11-13-23)14-16-6-8-18(21)9-7-16/h3-9H,10-15H2,1-2H3/p+2. The lowest BCUT2D eigenvalue weighted by Gasteiger charge is -2.30. The van der Waals surface area contributed by atoms with Gasteiger partial charge in [-0.25, -0.2) is 4.39 Å². The van der Waals surface area contributed by atoms with Crippen molar-refractivity contribution < 1.29 is 23.7 Å². The summed E-state index contributed by atoms with van der Waals surface area (Å²) >= 11 is 0. The molecule has 134 valence electrons. The average Bonchev–Trinajstić information content (AvgIpc) is 2.65. The zero-order valence-electron chi connectivity index (χ0n) is 15.0. The summed E-state index contributed by atoms with van der Waals surface area (Å²) in [5.74, 6) is 1.47. The molecule has 0 bridgehead atoms. The lowest BCUT2D eigenvalue weighted by Crippen LogP contribution is -3.27. The number of nitrogens with one attached hydrogen (secondary N) is 2. The van der Waals surface area contributed by atoms with Gasteiger partial charge in [0.15, 0.2) is 11.5 Å². The molecule has 0 spiro atoms. The molecular formula is C20H27FN2O2+2. The molecule has 1 fully saturated rings. The zero-order chi connectivity index (χ0) is 17.6. The molecule has 2 aromatic carbocycles. The van der Waals surface area contributed by atoms with E-state index in [9.17, 15) is 4.39 Å². The first-order chi connectivity index (χ1) is 12.2. The monoisotopic (exact) mass is 346 g/mol. The van der Waals surface area contributed by atoms with Gasteiger partial charge in [0.05, 0.1) is 19.8 Å². The van der Waals surface area contributed by atoms with Crippen LogP contribution in [0.1, 0.15) is 11.1 Å². The summed E-state index contributed by atoms with van der Waals surface area (Å²) in [7, 11) is 3.37. The van der Waals surface area contributed by atoms with Crippen LogP contribution in [0.15, 0.2) is 42.5 Å². The topological polar surface area (TPSA) is 27.3 Å². The number of halogens is 1. The van der Waals surface area contributed by atoms with Crippen molar-refractivity contribution >= 4 is 0 Å². The van der Waals surface area contributed by atoms with Crippen molar-refractivity contribution in [2.24, 2.45) is 0 Å². The van der Waals surface area contributed by atoms with Crippen molar-refractivity contribution in [2.75, 3.05) is 40.4 Å². The molecular weight excluding hydrogens is 319 g/mol. The van der Waals surface area contributed by atoms with E-state index in [4.69, 9.17) is 9.47 Å². The van der Waals surface area contributed by atoms with Gasteiger partial charge in [-0.3, -0.25) is 0 Å². The van der Waals surface area contributed by atoms with Gasteiger partial charge in [-0.05, 0) is 24.3 Å². The molecule has 0 saturated carbocycles. The zero-order valence-corrected chi connectivity index (χ0v) is 15.0. The fourth-order valence-corrected chi connectivity index (χ4v) is 3.56. The summed E-state index contributed by atoms with van der Waals surface area (Å²) in [5.41, 5.74) is 2.40. The number of hydrogen-bond acceptors (Lipinski definition) is 2. The third kappa shape index (κ3) is 4.50. The number of quaternary nitrogens is 2. The van der Waals surface area contributed by atoms with Crippen LogP contribution in [0.25, 0.3) is 0 Å².